The van der Waals surface area contributed by atoms with E-state index in [1.54, 1.807) is 6.33 Å². The van der Waals surface area contributed by atoms with Gasteiger partial charge in [0.05, 0.1) is 17.5 Å². The highest BCUT2D eigenvalue weighted by Gasteiger charge is 2.22. The van der Waals surface area contributed by atoms with E-state index in [1.807, 2.05) is 49.3 Å². The van der Waals surface area contributed by atoms with Crippen LogP contribution in [0.3, 0.4) is 0 Å². The molecule has 28 heavy (non-hydrogen) atoms. The number of carbonyl (C=O) groups is 1. The minimum Gasteiger partial charge on any atom is -0.352 e. The Kier molecular flexibility index (Phi) is 5.10. The summed E-state index contributed by atoms with van der Waals surface area (Å²) in [7, 11) is 0. The van der Waals surface area contributed by atoms with Crippen LogP contribution in [0.15, 0.2) is 36.9 Å². The molecule has 0 unspecified atom stereocenters. The third kappa shape index (κ3) is 3.62. The van der Waals surface area contributed by atoms with E-state index in [9.17, 15) is 4.79 Å². The number of carbonyl (C=O) groups excluding carboxylic acids is 1. The Hall–Kier alpha value is -3.16. The molecule has 1 aromatic carbocycles. The van der Waals surface area contributed by atoms with Crippen LogP contribution in [0.2, 0.25) is 0 Å². The average Bonchev–Trinajstić information content (AvgIpc) is 3.05. The number of urea groups is 1. The predicted molar refractivity (Wildman–Crippen MR) is 108 cm³/mol. The van der Waals surface area contributed by atoms with Crippen molar-refractivity contribution >= 4 is 22.8 Å². The zero-order valence-electron chi connectivity index (χ0n) is 16.3. The van der Waals surface area contributed by atoms with Gasteiger partial charge in [-0.05, 0) is 26.0 Å². The Morgan fingerprint density at radius 1 is 1.07 bits per heavy atom. The monoisotopic (exact) mass is 379 g/mol. The van der Waals surface area contributed by atoms with Crippen LogP contribution in [0.1, 0.15) is 11.4 Å². The molecular formula is C20H25N7O. The highest BCUT2D eigenvalue weighted by atomic mass is 16.2. The molecule has 146 valence electrons. The first-order valence-corrected chi connectivity index (χ1v) is 9.59. The van der Waals surface area contributed by atoms with Gasteiger partial charge in [-0.1, -0.05) is 12.1 Å². The lowest BCUT2D eigenvalue weighted by atomic mass is 10.2. The fraction of sp³-hybridized carbons (Fsp3) is 0.400. The van der Waals surface area contributed by atoms with Crippen molar-refractivity contribution < 1.29 is 4.79 Å². The zero-order valence-corrected chi connectivity index (χ0v) is 16.3. The van der Waals surface area contributed by atoms with Gasteiger partial charge in [-0.25, -0.2) is 19.7 Å². The van der Waals surface area contributed by atoms with Crippen LogP contribution in [0.4, 0.5) is 10.6 Å². The number of imidazole rings is 1. The number of fused-ring (bicyclic) bond motifs is 1. The third-order valence-electron chi connectivity index (χ3n) is 5.36. The Morgan fingerprint density at radius 3 is 2.61 bits per heavy atom. The van der Waals surface area contributed by atoms with Gasteiger partial charge in [0.2, 0.25) is 0 Å². The van der Waals surface area contributed by atoms with Gasteiger partial charge in [0, 0.05) is 50.3 Å². The third-order valence-corrected chi connectivity index (χ3v) is 5.36. The van der Waals surface area contributed by atoms with Crippen LogP contribution in [-0.2, 0) is 6.54 Å². The van der Waals surface area contributed by atoms with Crippen LogP contribution in [0.25, 0.3) is 10.9 Å². The molecule has 2 amide bonds. The van der Waals surface area contributed by atoms with Crippen LogP contribution in [-0.4, -0.2) is 63.2 Å². The number of aryl methyl sites for hydroxylation is 1. The molecule has 0 spiro atoms. The summed E-state index contributed by atoms with van der Waals surface area (Å²) in [5.41, 5.74) is 3.11. The van der Waals surface area contributed by atoms with E-state index in [-0.39, 0.29) is 6.03 Å². The highest BCUT2D eigenvalue weighted by molar-refractivity contribution is 5.89. The SMILES string of the molecule is Cc1ncn(CCNC(=O)N2CCN(c3ncnc4ccccc34)CC2)c1C. The van der Waals surface area contributed by atoms with Crippen molar-refractivity contribution in [3.05, 3.63) is 48.3 Å². The number of rotatable bonds is 4. The van der Waals surface area contributed by atoms with Gasteiger partial charge in [0.1, 0.15) is 12.1 Å². The lowest BCUT2D eigenvalue weighted by molar-refractivity contribution is 0.194. The first-order chi connectivity index (χ1) is 13.6. The smallest absolute Gasteiger partial charge is 0.317 e. The minimum atomic E-state index is -0.0123. The molecule has 4 rings (SSSR count). The van der Waals surface area contributed by atoms with Crippen molar-refractivity contribution in [3.63, 3.8) is 0 Å². The number of anilines is 1. The Labute approximate surface area is 164 Å². The van der Waals surface area contributed by atoms with E-state index in [0.29, 0.717) is 19.6 Å². The van der Waals surface area contributed by atoms with E-state index < -0.39 is 0 Å². The number of nitrogens with zero attached hydrogens (tertiary/aromatic N) is 6. The Bertz CT molecular complexity index is 970. The van der Waals surface area contributed by atoms with E-state index >= 15 is 0 Å². The van der Waals surface area contributed by atoms with Crippen molar-refractivity contribution in [1.82, 2.24) is 29.7 Å². The molecule has 1 N–H and O–H groups in total. The van der Waals surface area contributed by atoms with Gasteiger partial charge in [-0.15, -0.1) is 0 Å². The number of nitrogens with one attached hydrogen (secondary N) is 1. The van der Waals surface area contributed by atoms with Crippen molar-refractivity contribution in [2.24, 2.45) is 0 Å². The van der Waals surface area contributed by atoms with Gasteiger partial charge in [0.25, 0.3) is 0 Å². The average molecular weight is 379 g/mol. The zero-order chi connectivity index (χ0) is 19.5. The first kappa shape index (κ1) is 18.2. The van der Waals surface area contributed by atoms with E-state index in [1.165, 1.54) is 0 Å². The Balaban J connectivity index is 1.31. The molecule has 8 nitrogen and oxygen atoms in total. The summed E-state index contributed by atoms with van der Waals surface area (Å²) in [4.78, 5) is 29.7. The molecule has 1 saturated heterocycles. The number of para-hydroxylation sites is 1. The second-order valence-electron chi connectivity index (χ2n) is 7.03. The summed E-state index contributed by atoms with van der Waals surface area (Å²) < 4.78 is 2.06. The lowest BCUT2D eigenvalue weighted by Gasteiger charge is -2.35. The van der Waals surface area contributed by atoms with Gasteiger partial charge in [-0.3, -0.25) is 0 Å². The van der Waals surface area contributed by atoms with Crippen molar-refractivity contribution in [3.8, 4) is 0 Å². The summed E-state index contributed by atoms with van der Waals surface area (Å²) in [5, 5.41) is 4.07. The summed E-state index contributed by atoms with van der Waals surface area (Å²) in [5.74, 6) is 0.941. The maximum atomic E-state index is 12.5. The van der Waals surface area contributed by atoms with Crippen molar-refractivity contribution in [2.45, 2.75) is 20.4 Å². The largest absolute Gasteiger partial charge is 0.352 e. The summed E-state index contributed by atoms with van der Waals surface area (Å²) >= 11 is 0. The highest BCUT2D eigenvalue weighted by Crippen LogP contribution is 2.23. The number of aromatic nitrogens is 4. The molecule has 1 aliphatic rings. The summed E-state index contributed by atoms with van der Waals surface area (Å²) in [6.07, 6.45) is 3.43. The molecule has 8 heteroatoms. The molecular weight excluding hydrogens is 354 g/mol. The predicted octanol–water partition coefficient (Wildman–Crippen LogP) is 1.97. The van der Waals surface area contributed by atoms with Crippen LogP contribution in [0.5, 0.6) is 0 Å². The standard InChI is InChI=1S/C20H25N7O/c1-15-16(2)27(14-24-15)8-7-21-20(28)26-11-9-25(10-12-26)19-17-5-3-4-6-18(17)22-13-23-19/h3-6,13-14H,7-12H2,1-2H3,(H,21,28). The molecule has 0 bridgehead atoms. The molecule has 3 heterocycles. The molecule has 2 aromatic heterocycles. The summed E-state index contributed by atoms with van der Waals surface area (Å²) in [6.45, 7) is 8.21. The molecule has 0 aliphatic carbocycles. The van der Waals surface area contributed by atoms with E-state index in [4.69, 9.17) is 0 Å². The molecule has 1 fully saturated rings. The fourth-order valence-corrected chi connectivity index (χ4v) is 3.53. The number of benzene rings is 1. The Morgan fingerprint density at radius 2 is 1.86 bits per heavy atom. The molecule has 0 atom stereocenters. The van der Waals surface area contributed by atoms with E-state index in [0.717, 1.165) is 47.7 Å². The van der Waals surface area contributed by atoms with Gasteiger partial charge in [-0.2, -0.15) is 0 Å². The normalized spacial score (nSPS) is 14.5. The van der Waals surface area contributed by atoms with Crippen LogP contribution < -0.4 is 10.2 Å². The molecule has 3 aromatic rings. The number of amides is 2. The topological polar surface area (TPSA) is 79.2 Å². The maximum absolute atomic E-state index is 12.5. The van der Waals surface area contributed by atoms with Crippen molar-refractivity contribution in [1.29, 1.82) is 0 Å². The number of hydrogen-bond donors (Lipinski definition) is 1. The first-order valence-electron chi connectivity index (χ1n) is 9.59. The molecule has 1 aliphatic heterocycles. The van der Waals surface area contributed by atoms with Crippen LogP contribution >= 0.6 is 0 Å². The number of hydrogen-bond acceptors (Lipinski definition) is 5. The number of piperazine rings is 1. The van der Waals surface area contributed by atoms with Gasteiger partial charge in [0.15, 0.2) is 0 Å². The second-order valence-corrected chi connectivity index (χ2v) is 7.03. The summed E-state index contributed by atoms with van der Waals surface area (Å²) in [6, 6.07) is 8.01. The quantitative estimate of drug-likeness (QED) is 0.750. The van der Waals surface area contributed by atoms with Gasteiger partial charge >= 0.3 is 6.03 Å². The molecule has 0 radical (unpaired) electrons. The lowest BCUT2D eigenvalue weighted by Crippen LogP contribution is -2.52. The van der Waals surface area contributed by atoms with Crippen LogP contribution in [0, 0.1) is 13.8 Å². The molecule has 0 saturated carbocycles. The van der Waals surface area contributed by atoms with Gasteiger partial charge < -0.3 is 19.7 Å². The fourth-order valence-electron chi connectivity index (χ4n) is 3.53. The maximum Gasteiger partial charge on any atom is 0.317 e. The van der Waals surface area contributed by atoms with E-state index in [2.05, 4.69) is 29.7 Å². The van der Waals surface area contributed by atoms with Crippen molar-refractivity contribution in [2.75, 3.05) is 37.6 Å². The minimum absolute atomic E-state index is 0.0123. The second kappa shape index (κ2) is 7.84.